The number of aromatic nitrogens is 1. The summed E-state index contributed by atoms with van der Waals surface area (Å²) in [7, 11) is 0. The van der Waals surface area contributed by atoms with Crippen LogP contribution in [0.25, 0.3) is 0 Å². The largest absolute Gasteiger partial charge is 0.381 e. The van der Waals surface area contributed by atoms with E-state index in [1.807, 2.05) is 12.4 Å². The Morgan fingerprint density at radius 3 is 2.75 bits per heavy atom. The second kappa shape index (κ2) is 5.17. The number of rotatable bonds is 2. The van der Waals surface area contributed by atoms with E-state index >= 15 is 0 Å². The minimum atomic E-state index is 0.613. The Labute approximate surface area is 106 Å². The molecule has 1 saturated carbocycles. The first-order chi connectivity index (χ1) is 7.65. The van der Waals surface area contributed by atoms with Crippen LogP contribution in [0, 0.1) is 11.8 Å². The van der Waals surface area contributed by atoms with Gasteiger partial charge in [0.05, 0.1) is 11.9 Å². The third-order valence-electron chi connectivity index (χ3n) is 3.67. The predicted octanol–water partition coefficient (Wildman–Crippen LogP) is 4.08. The molecule has 2 nitrogen and oxygen atoms in total. The van der Waals surface area contributed by atoms with Gasteiger partial charge in [-0.2, -0.15) is 0 Å². The van der Waals surface area contributed by atoms with Crippen molar-refractivity contribution in [3.8, 4) is 0 Å². The van der Waals surface area contributed by atoms with E-state index in [1.54, 1.807) is 0 Å². The smallest absolute Gasteiger partial charge is 0.0540 e. The van der Waals surface area contributed by atoms with E-state index in [2.05, 4.69) is 46.1 Å². The summed E-state index contributed by atoms with van der Waals surface area (Å²) in [4.78, 5) is 4.17. The van der Waals surface area contributed by atoms with Crippen LogP contribution in [0.4, 0.5) is 5.69 Å². The standard InChI is InChI=1S/C13H19BrN2/c1-9-3-4-12(5-10(9)2)16-13-6-11(14)7-15-8-13/h6-10,12,16H,3-5H2,1-2H3. The fourth-order valence-corrected chi connectivity index (χ4v) is 2.77. The molecule has 16 heavy (non-hydrogen) atoms. The van der Waals surface area contributed by atoms with Crippen molar-refractivity contribution in [2.24, 2.45) is 11.8 Å². The zero-order valence-corrected chi connectivity index (χ0v) is 11.5. The molecule has 0 bridgehead atoms. The zero-order valence-electron chi connectivity index (χ0n) is 9.91. The van der Waals surface area contributed by atoms with Crippen molar-refractivity contribution < 1.29 is 0 Å². The molecular weight excluding hydrogens is 264 g/mol. The van der Waals surface area contributed by atoms with Gasteiger partial charge in [0.2, 0.25) is 0 Å². The molecule has 0 aromatic carbocycles. The lowest BCUT2D eigenvalue weighted by Crippen LogP contribution is -2.30. The Bertz CT molecular complexity index is 354. The molecule has 3 heteroatoms. The highest BCUT2D eigenvalue weighted by atomic mass is 79.9. The first-order valence-corrected chi connectivity index (χ1v) is 6.81. The highest BCUT2D eigenvalue weighted by Crippen LogP contribution is 2.31. The molecule has 3 atom stereocenters. The van der Waals surface area contributed by atoms with Crippen LogP contribution < -0.4 is 5.32 Å². The second-order valence-corrected chi connectivity index (χ2v) is 5.92. The number of anilines is 1. The van der Waals surface area contributed by atoms with Crippen molar-refractivity contribution in [3.05, 3.63) is 22.9 Å². The van der Waals surface area contributed by atoms with Crippen LogP contribution in [-0.4, -0.2) is 11.0 Å². The highest BCUT2D eigenvalue weighted by molar-refractivity contribution is 9.10. The van der Waals surface area contributed by atoms with Crippen molar-refractivity contribution in [1.29, 1.82) is 0 Å². The van der Waals surface area contributed by atoms with Crippen LogP contribution in [0.5, 0.6) is 0 Å². The van der Waals surface area contributed by atoms with Gasteiger partial charge < -0.3 is 5.32 Å². The van der Waals surface area contributed by atoms with Crippen molar-refractivity contribution in [1.82, 2.24) is 4.98 Å². The van der Waals surface area contributed by atoms with Gasteiger partial charge in [0, 0.05) is 16.7 Å². The van der Waals surface area contributed by atoms with Gasteiger partial charge >= 0.3 is 0 Å². The lowest BCUT2D eigenvalue weighted by molar-refractivity contribution is 0.261. The van der Waals surface area contributed by atoms with Crippen LogP contribution in [0.1, 0.15) is 33.1 Å². The molecule has 0 spiro atoms. The van der Waals surface area contributed by atoms with Gasteiger partial charge in [-0.05, 0) is 53.1 Å². The number of nitrogens with zero attached hydrogens (tertiary/aromatic N) is 1. The fourth-order valence-electron chi connectivity index (χ4n) is 2.41. The molecule has 1 aliphatic carbocycles. The predicted molar refractivity (Wildman–Crippen MR) is 71.5 cm³/mol. The summed E-state index contributed by atoms with van der Waals surface area (Å²) >= 11 is 3.45. The van der Waals surface area contributed by atoms with E-state index in [-0.39, 0.29) is 0 Å². The Balaban J connectivity index is 1.95. The summed E-state index contributed by atoms with van der Waals surface area (Å²) in [6.45, 7) is 4.72. The summed E-state index contributed by atoms with van der Waals surface area (Å²) in [6, 6.07) is 2.71. The quantitative estimate of drug-likeness (QED) is 0.884. The fraction of sp³-hybridized carbons (Fsp3) is 0.615. The van der Waals surface area contributed by atoms with E-state index in [9.17, 15) is 0 Å². The normalized spacial score (nSPS) is 30.1. The molecule has 3 unspecified atom stereocenters. The molecule has 0 amide bonds. The number of pyridine rings is 1. The molecule has 0 aliphatic heterocycles. The summed E-state index contributed by atoms with van der Waals surface area (Å²) in [6.07, 6.45) is 7.59. The minimum absolute atomic E-state index is 0.613. The van der Waals surface area contributed by atoms with Gasteiger partial charge in [0.25, 0.3) is 0 Å². The third kappa shape index (κ3) is 2.97. The first kappa shape index (κ1) is 11.9. The Kier molecular flexibility index (Phi) is 3.85. The second-order valence-electron chi connectivity index (χ2n) is 5.00. The maximum Gasteiger partial charge on any atom is 0.0540 e. The van der Waals surface area contributed by atoms with Crippen LogP contribution in [0.2, 0.25) is 0 Å². The Morgan fingerprint density at radius 1 is 1.25 bits per heavy atom. The summed E-state index contributed by atoms with van der Waals surface area (Å²) in [5.74, 6) is 1.70. The van der Waals surface area contributed by atoms with E-state index < -0.39 is 0 Å². The molecule has 2 rings (SSSR count). The van der Waals surface area contributed by atoms with E-state index in [1.165, 1.54) is 19.3 Å². The van der Waals surface area contributed by atoms with Crippen molar-refractivity contribution >= 4 is 21.6 Å². The van der Waals surface area contributed by atoms with Crippen LogP contribution in [0.15, 0.2) is 22.9 Å². The average molecular weight is 283 g/mol. The van der Waals surface area contributed by atoms with Gasteiger partial charge in [-0.1, -0.05) is 13.8 Å². The molecule has 1 fully saturated rings. The first-order valence-electron chi connectivity index (χ1n) is 6.02. The van der Waals surface area contributed by atoms with E-state index in [4.69, 9.17) is 0 Å². The number of hydrogen-bond donors (Lipinski definition) is 1. The third-order valence-corrected chi connectivity index (χ3v) is 4.11. The lowest BCUT2D eigenvalue weighted by Gasteiger charge is -2.33. The Hall–Kier alpha value is -0.570. The number of halogens is 1. The van der Waals surface area contributed by atoms with Gasteiger partial charge in [0.1, 0.15) is 0 Å². The van der Waals surface area contributed by atoms with Crippen LogP contribution in [0.3, 0.4) is 0 Å². The molecule has 1 aliphatic rings. The molecule has 1 N–H and O–H groups in total. The molecular formula is C13H19BrN2. The van der Waals surface area contributed by atoms with Crippen LogP contribution >= 0.6 is 15.9 Å². The summed E-state index contributed by atoms with van der Waals surface area (Å²) in [5.41, 5.74) is 1.13. The zero-order chi connectivity index (χ0) is 11.5. The monoisotopic (exact) mass is 282 g/mol. The van der Waals surface area contributed by atoms with Gasteiger partial charge in [-0.3, -0.25) is 4.98 Å². The average Bonchev–Trinajstić information content (AvgIpc) is 2.24. The van der Waals surface area contributed by atoms with Crippen LogP contribution in [-0.2, 0) is 0 Å². The maximum atomic E-state index is 4.17. The molecule has 88 valence electrons. The number of hydrogen-bond acceptors (Lipinski definition) is 2. The van der Waals surface area contributed by atoms with E-state index in [0.717, 1.165) is 22.0 Å². The lowest BCUT2D eigenvalue weighted by atomic mass is 9.79. The molecule has 0 radical (unpaired) electrons. The molecule has 1 aromatic rings. The highest BCUT2D eigenvalue weighted by Gasteiger charge is 2.24. The van der Waals surface area contributed by atoms with Gasteiger partial charge in [-0.15, -0.1) is 0 Å². The summed E-state index contributed by atoms with van der Waals surface area (Å²) in [5, 5.41) is 3.58. The van der Waals surface area contributed by atoms with Gasteiger partial charge in [-0.25, -0.2) is 0 Å². The van der Waals surface area contributed by atoms with Gasteiger partial charge in [0.15, 0.2) is 0 Å². The summed E-state index contributed by atoms with van der Waals surface area (Å²) < 4.78 is 1.04. The molecule has 1 heterocycles. The Morgan fingerprint density at radius 2 is 2.06 bits per heavy atom. The SMILES string of the molecule is CC1CCC(Nc2cncc(Br)c2)CC1C. The van der Waals surface area contributed by atoms with Crippen molar-refractivity contribution in [2.45, 2.75) is 39.2 Å². The molecule has 1 aromatic heterocycles. The van der Waals surface area contributed by atoms with Crippen molar-refractivity contribution in [3.63, 3.8) is 0 Å². The maximum absolute atomic E-state index is 4.17. The topological polar surface area (TPSA) is 24.9 Å². The minimum Gasteiger partial charge on any atom is -0.381 e. The van der Waals surface area contributed by atoms with Crippen molar-refractivity contribution in [2.75, 3.05) is 5.32 Å². The van der Waals surface area contributed by atoms with E-state index in [0.29, 0.717) is 6.04 Å². The molecule has 0 saturated heterocycles. The number of nitrogens with one attached hydrogen (secondary N) is 1.